The molecule has 0 aromatic heterocycles. The number of aryl methyl sites for hydroxylation is 1. The summed E-state index contributed by atoms with van der Waals surface area (Å²) in [7, 11) is 1.74. The molecule has 106 valence electrons. The third-order valence-electron chi connectivity index (χ3n) is 3.29. The molecule has 3 nitrogen and oxygen atoms in total. The van der Waals surface area contributed by atoms with Crippen LogP contribution in [-0.2, 0) is 4.79 Å². The van der Waals surface area contributed by atoms with Gasteiger partial charge in [-0.05, 0) is 49.9 Å². The standard InChI is InChI=1S/C14H19FN2O.ClH/c1-9-7-11(5-6-12(9)15)14(10-3-4-10)17-13(18)8-16-2;/h5-7,10,14,16H,3-4,8H2,1-2H3,(H,17,18);1H. The van der Waals surface area contributed by atoms with Crippen molar-refractivity contribution in [1.29, 1.82) is 0 Å². The summed E-state index contributed by atoms with van der Waals surface area (Å²) in [5.41, 5.74) is 1.63. The number of carbonyl (C=O) groups excluding carboxylic acids is 1. The Bertz CT molecular complexity index is 449. The van der Waals surface area contributed by atoms with E-state index in [0.29, 0.717) is 18.0 Å². The number of rotatable bonds is 5. The van der Waals surface area contributed by atoms with Crippen molar-refractivity contribution in [1.82, 2.24) is 10.6 Å². The fraction of sp³-hybridized carbons (Fsp3) is 0.500. The van der Waals surface area contributed by atoms with Gasteiger partial charge in [-0.1, -0.05) is 12.1 Å². The fourth-order valence-electron chi connectivity index (χ4n) is 2.15. The maximum atomic E-state index is 13.3. The molecule has 2 rings (SSSR count). The number of carbonyl (C=O) groups is 1. The van der Waals surface area contributed by atoms with Gasteiger partial charge in [0.15, 0.2) is 0 Å². The molecular weight excluding hydrogens is 267 g/mol. The molecule has 1 amide bonds. The van der Waals surface area contributed by atoms with Crippen LogP contribution in [0.25, 0.3) is 0 Å². The van der Waals surface area contributed by atoms with Crippen LogP contribution >= 0.6 is 12.4 Å². The molecule has 1 aromatic carbocycles. The summed E-state index contributed by atoms with van der Waals surface area (Å²) in [5, 5.41) is 5.85. The number of hydrogen-bond donors (Lipinski definition) is 2. The first-order valence-electron chi connectivity index (χ1n) is 6.32. The lowest BCUT2D eigenvalue weighted by Gasteiger charge is -2.19. The predicted octanol–water partition coefficient (Wildman–Crippen LogP) is 2.34. The highest BCUT2D eigenvalue weighted by molar-refractivity contribution is 5.85. The van der Waals surface area contributed by atoms with Crippen LogP contribution in [0.5, 0.6) is 0 Å². The van der Waals surface area contributed by atoms with Gasteiger partial charge in [0.05, 0.1) is 12.6 Å². The van der Waals surface area contributed by atoms with Gasteiger partial charge in [-0.25, -0.2) is 4.39 Å². The van der Waals surface area contributed by atoms with Crippen LogP contribution in [0.15, 0.2) is 18.2 Å². The molecule has 5 heteroatoms. The summed E-state index contributed by atoms with van der Waals surface area (Å²) in [6, 6.07) is 5.10. The highest BCUT2D eigenvalue weighted by Crippen LogP contribution is 2.41. The number of hydrogen-bond acceptors (Lipinski definition) is 2. The van der Waals surface area contributed by atoms with E-state index in [-0.39, 0.29) is 30.2 Å². The van der Waals surface area contributed by atoms with E-state index in [9.17, 15) is 9.18 Å². The van der Waals surface area contributed by atoms with E-state index in [4.69, 9.17) is 0 Å². The zero-order valence-electron chi connectivity index (χ0n) is 11.2. The molecule has 1 aliphatic rings. The molecule has 1 unspecified atom stereocenters. The van der Waals surface area contributed by atoms with E-state index in [1.165, 1.54) is 6.07 Å². The highest BCUT2D eigenvalue weighted by atomic mass is 35.5. The van der Waals surface area contributed by atoms with E-state index in [0.717, 1.165) is 18.4 Å². The van der Waals surface area contributed by atoms with Crippen molar-refractivity contribution in [3.8, 4) is 0 Å². The fourth-order valence-corrected chi connectivity index (χ4v) is 2.15. The van der Waals surface area contributed by atoms with E-state index in [1.54, 1.807) is 20.0 Å². The third-order valence-corrected chi connectivity index (χ3v) is 3.29. The Morgan fingerprint density at radius 3 is 2.68 bits per heavy atom. The lowest BCUT2D eigenvalue weighted by atomic mass is 10.00. The van der Waals surface area contributed by atoms with Crippen molar-refractivity contribution in [3.63, 3.8) is 0 Å². The van der Waals surface area contributed by atoms with Gasteiger partial charge in [-0.15, -0.1) is 12.4 Å². The number of likely N-dealkylation sites (N-methyl/N-ethyl adjacent to an activating group) is 1. The van der Waals surface area contributed by atoms with Crippen LogP contribution in [-0.4, -0.2) is 19.5 Å². The van der Waals surface area contributed by atoms with Crippen LogP contribution in [0, 0.1) is 18.7 Å². The molecule has 2 N–H and O–H groups in total. The summed E-state index contributed by atoms with van der Waals surface area (Å²) in [6.07, 6.45) is 2.25. The van der Waals surface area contributed by atoms with E-state index in [2.05, 4.69) is 10.6 Å². The average molecular weight is 287 g/mol. The second kappa shape index (κ2) is 6.87. The third kappa shape index (κ3) is 4.18. The van der Waals surface area contributed by atoms with E-state index >= 15 is 0 Å². The summed E-state index contributed by atoms with van der Waals surface area (Å²) in [5.74, 6) is 0.280. The first-order valence-corrected chi connectivity index (χ1v) is 6.32. The van der Waals surface area contributed by atoms with Crippen LogP contribution in [0.3, 0.4) is 0 Å². The van der Waals surface area contributed by atoms with Crippen LogP contribution in [0.2, 0.25) is 0 Å². The molecule has 1 aromatic rings. The van der Waals surface area contributed by atoms with Gasteiger partial charge in [-0.3, -0.25) is 4.79 Å². The number of halogens is 2. The first-order chi connectivity index (χ1) is 8.61. The maximum absolute atomic E-state index is 13.3. The Hall–Kier alpha value is -1.13. The number of amides is 1. The summed E-state index contributed by atoms with van der Waals surface area (Å²) in [4.78, 5) is 11.7. The maximum Gasteiger partial charge on any atom is 0.234 e. The molecule has 1 atom stereocenters. The van der Waals surface area contributed by atoms with Crippen molar-refractivity contribution < 1.29 is 9.18 Å². The SMILES string of the molecule is CNCC(=O)NC(c1ccc(F)c(C)c1)C1CC1.Cl. The molecule has 0 bridgehead atoms. The summed E-state index contributed by atoms with van der Waals surface area (Å²) >= 11 is 0. The molecule has 0 radical (unpaired) electrons. The smallest absolute Gasteiger partial charge is 0.234 e. The summed E-state index contributed by atoms with van der Waals surface area (Å²) < 4.78 is 13.3. The van der Waals surface area contributed by atoms with Crippen molar-refractivity contribution in [2.24, 2.45) is 5.92 Å². The Labute approximate surface area is 119 Å². The molecule has 0 heterocycles. The van der Waals surface area contributed by atoms with E-state index in [1.807, 2.05) is 6.07 Å². The number of benzene rings is 1. The zero-order valence-corrected chi connectivity index (χ0v) is 12.0. The number of nitrogens with one attached hydrogen (secondary N) is 2. The Balaban J connectivity index is 0.00000180. The monoisotopic (exact) mass is 286 g/mol. The van der Waals surface area contributed by atoms with Crippen LogP contribution < -0.4 is 10.6 Å². The van der Waals surface area contributed by atoms with E-state index < -0.39 is 0 Å². The minimum atomic E-state index is -0.199. The predicted molar refractivity (Wildman–Crippen MR) is 75.9 cm³/mol. The average Bonchev–Trinajstić information content (AvgIpc) is 3.14. The van der Waals surface area contributed by atoms with Gasteiger partial charge >= 0.3 is 0 Å². The molecule has 1 saturated carbocycles. The lowest BCUT2D eigenvalue weighted by molar-refractivity contribution is -0.121. The van der Waals surface area contributed by atoms with Crippen molar-refractivity contribution >= 4 is 18.3 Å². The topological polar surface area (TPSA) is 41.1 Å². The van der Waals surface area contributed by atoms with Crippen LogP contribution in [0.1, 0.15) is 30.0 Å². The quantitative estimate of drug-likeness (QED) is 0.872. The van der Waals surface area contributed by atoms with Gasteiger partial charge in [0.2, 0.25) is 5.91 Å². The Kier molecular flexibility index (Phi) is 5.76. The molecular formula is C14H20ClFN2O. The molecule has 19 heavy (non-hydrogen) atoms. The molecule has 0 saturated heterocycles. The zero-order chi connectivity index (χ0) is 13.1. The second-order valence-electron chi connectivity index (χ2n) is 4.92. The largest absolute Gasteiger partial charge is 0.348 e. The minimum absolute atomic E-state index is 0. The normalized spacial score (nSPS) is 15.5. The van der Waals surface area contributed by atoms with Gasteiger partial charge in [0.25, 0.3) is 0 Å². The van der Waals surface area contributed by atoms with Crippen LogP contribution in [0.4, 0.5) is 4.39 Å². The molecule has 1 aliphatic carbocycles. The molecule has 0 spiro atoms. The second-order valence-corrected chi connectivity index (χ2v) is 4.92. The van der Waals surface area contributed by atoms with Crippen molar-refractivity contribution in [3.05, 3.63) is 35.1 Å². The van der Waals surface area contributed by atoms with Gasteiger partial charge in [-0.2, -0.15) is 0 Å². The van der Waals surface area contributed by atoms with Crippen molar-refractivity contribution in [2.75, 3.05) is 13.6 Å². The van der Waals surface area contributed by atoms with Gasteiger partial charge in [0, 0.05) is 0 Å². The highest BCUT2D eigenvalue weighted by Gasteiger charge is 2.33. The lowest BCUT2D eigenvalue weighted by Crippen LogP contribution is -2.36. The molecule has 1 fully saturated rings. The Morgan fingerprint density at radius 2 is 2.16 bits per heavy atom. The van der Waals surface area contributed by atoms with Crippen molar-refractivity contribution in [2.45, 2.75) is 25.8 Å². The van der Waals surface area contributed by atoms with Gasteiger partial charge < -0.3 is 10.6 Å². The van der Waals surface area contributed by atoms with Gasteiger partial charge in [0.1, 0.15) is 5.82 Å². The first kappa shape index (κ1) is 15.9. The summed E-state index contributed by atoms with van der Waals surface area (Å²) in [6.45, 7) is 2.06. The minimum Gasteiger partial charge on any atom is -0.348 e. The molecule has 0 aliphatic heterocycles. The Morgan fingerprint density at radius 1 is 1.47 bits per heavy atom.